The van der Waals surface area contributed by atoms with Gasteiger partial charge in [-0.05, 0) is 12.8 Å². The lowest BCUT2D eigenvalue weighted by atomic mass is 9.99. The van der Waals surface area contributed by atoms with Crippen molar-refractivity contribution in [1.82, 2.24) is 20.2 Å². The van der Waals surface area contributed by atoms with Crippen LogP contribution in [0.3, 0.4) is 0 Å². The molecule has 94 valence electrons. The van der Waals surface area contributed by atoms with Gasteiger partial charge in [-0.25, -0.2) is 4.98 Å². The Kier molecular flexibility index (Phi) is 2.70. The first-order valence-corrected chi connectivity index (χ1v) is 6.12. The molecule has 0 saturated carbocycles. The molecule has 6 heteroatoms. The van der Waals surface area contributed by atoms with Crippen molar-refractivity contribution in [3.63, 3.8) is 0 Å². The summed E-state index contributed by atoms with van der Waals surface area (Å²) in [4.78, 5) is 33.4. The lowest BCUT2D eigenvalue weighted by Crippen LogP contribution is -2.50. The molecule has 1 aromatic heterocycles. The highest BCUT2D eigenvalue weighted by molar-refractivity contribution is 5.92. The van der Waals surface area contributed by atoms with Gasteiger partial charge in [0.15, 0.2) is 0 Å². The van der Waals surface area contributed by atoms with Crippen LogP contribution in [-0.4, -0.2) is 45.3 Å². The Balaban J connectivity index is 1.78. The van der Waals surface area contributed by atoms with Crippen molar-refractivity contribution >= 4 is 11.8 Å². The maximum Gasteiger partial charge on any atom is 0.274 e. The number of piperidine rings is 1. The van der Waals surface area contributed by atoms with Crippen LogP contribution in [0.5, 0.6) is 0 Å². The Bertz CT molecular complexity index is 476. The van der Waals surface area contributed by atoms with E-state index in [9.17, 15) is 9.59 Å². The van der Waals surface area contributed by atoms with Crippen LogP contribution < -0.4 is 5.32 Å². The zero-order valence-electron chi connectivity index (χ0n) is 9.87. The molecular weight excluding hydrogens is 232 g/mol. The number of amides is 2. The second-order valence-corrected chi connectivity index (χ2v) is 4.66. The van der Waals surface area contributed by atoms with Crippen LogP contribution in [0, 0.1) is 0 Å². The summed E-state index contributed by atoms with van der Waals surface area (Å²) in [5, 5.41) is 2.95. The molecule has 0 unspecified atom stereocenters. The van der Waals surface area contributed by atoms with Crippen molar-refractivity contribution in [3.05, 3.63) is 24.3 Å². The fourth-order valence-electron chi connectivity index (χ4n) is 2.75. The predicted octanol–water partition coefficient (Wildman–Crippen LogP) is -0.0303. The normalized spacial score (nSPS) is 26.7. The minimum atomic E-state index is -0.0910. The third-order valence-electron chi connectivity index (χ3n) is 3.60. The van der Waals surface area contributed by atoms with Crippen molar-refractivity contribution in [2.45, 2.75) is 31.3 Å². The fourth-order valence-corrected chi connectivity index (χ4v) is 2.75. The summed E-state index contributed by atoms with van der Waals surface area (Å²) in [7, 11) is 0. The molecule has 6 nitrogen and oxygen atoms in total. The van der Waals surface area contributed by atoms with Crippen molar-refractivity contribution < 1.29 is 9.59 Å². The lowest BCUT2D eigenvalue weighted by molar-refractivity contribution is -0.123. The zero-order chi connectivity index (χ0) is 12.5. The first-order chi connectivity index (χ1) is 8.75. The van der Waals surface area contributed by atoms with Crippen LogP contribution in [0.4, 0.5) is 0 Å². The molecule has 2 fully saturated rings. The van der Waals surface area contributed by atoms with E-state index in [0.717, 1.165) is 12.8 Å². The summed E-state index contributed by atoms with van der Waals surface area (Å²) in [5.41, 5.74) is 0.370. The van der Waals surface area contributed by atoms with Gasteiger partial charge in [-0.2, -0.15) is 0 Å². The van der Waals surface area contributed by atoms with Crippen molar-refractivity contribution in [2.24, 2.45) is 0 Å². The van der Waals surface area contributed by atoms with Crippen LogP contribution in [0.15, 0.2) is 18.6 Å². The summed E-state index contributed by atoms with van der Waals surface area (Å²) >= 11 is 0. The third kappa shape index (κ3) is 1.83. The number of hydrogen-bond donors (Lipinski definition) is 1. The van der Waals surface area contributed by atoms with Gasteiger partial charge in [-0.1, -0.05) is 0 Å². The highest BCUT2D eigenvalue weighted by Crippen LogP contribution is 2.26. The number of fused-ring (bicyclic) bond motifs is 1. The van der Waals surface area contributed by atoms with Gasteiger partial charge in [0.2, 0.25) is 5.91 Å². The van der Waals surface area contributed by atoms with Crippen LogP contribution in [-0.2, 0) is 4.79 Å². The monoisotopic (exact) mass is 246 g/mol. The van der Waals surface area contributed by atoms with E-state index in [0.29, 0.717) is 18.7 Å². The maximum absolute atomic E-state index is 12.3. The SMILES string of the molecule is O=C1CC[C@@H]2[C@@H](CCN2C(=O)c2cnccn2)N1. The van der Waals surface area contributed by atoms with Crippen LogP contribution in [0.2, 0.25) is 0 Å². The number of aromatic nitrogens is 2. The fraction of sp³-hybridized carbons (Fsp3) is 0.500. The van der Waals surface area contributed by atoms with Gasteiger partial charge in [0.05, 0.1) is 18.3 Å². The topological polar surface area (TPSA) is 75.2 Å². The van der Waals surface area contributed by atoms with Gasteiger partial charge < -0.3 is 10.2 Å². The molecule has 2 aliphatic rings. The molecule has 2 atom stereocenters. The van der Waals surface area contributed by atoms with Crippen LogP contribution in [0.25, 0.3) is 0 Å². The standard InChI is InChI=1S/C12H14N4O2/c17-11-2-1-10-8(15-11)3-6-16(10)12(18)9-7-13-4-5-14-9/h4-5,7-8,10H,1-3,6H2,(H,15,17)/t8-,10-/m1/s1. The Morgan fingerprint density at radius 3 is 3.06 bits per heavy atom. The van der Waals surface area contributed by atoms with Crippen molar-refractivity contribution in [1.29, 1.82) is 0 Å². The van der Waals surface area contributed by atoms with Gasteiger partial charge in [-0.15, -0.1) is 0 Å². The number of likely N-dealkylation sites (tertiary alicyclic amines) is 1. The van der Waals surface area contributed by atoms with Crippen LogP contribution >= 0.6 is 0 Å². The maximum atomic E-state index is 12.3. The molecule has 0 bridgehead atoms. The van der Waals surface area contributed by atoms with E-state index in [-0.39, 0.29) is 23.9 Å². The number of hydrogen-bond acceptors (Lipinski definition) is 4. The average Bonchev–Trinajstić information content (AvgIpc) is 2.81. The lowest BCUT2D eigenvalue weighted by Gasteiger charge is -2.31. The quantitative estimate of drug-likeness (QED) is 0.755. The molecule has 2 aliphatic heterocycles. The van der Waals surface area contributed by atoms with E-state index in [1.54, 1.807) is 6.20 Å². The first kappa shape index (κ1) is 11.1. The summed E-state index contributed by atoms with van der Waals surface area (Å²) in [6.45, 7) is 0.672. The molecule has 0 aliphatic carbocycles. The van der Waals surface area contributed by atoms with Gasteiger partial charge in [0.1, 0.15) is 5.69 Å². The Hall–Kier alpha value is -1.98. The average molecular weight is 246 g/mol. The van der Waals surface area contributed by atoms with Gasteiger partial charge in [-0.3, -0.25) is 14.6 Å². The third-order valence-corrected chi connectivity index (χ3v) is 3.60. The number of rotatable bonds is 1. The molecule has 0 spiro atoms. The van der Waals surface area contributed by atoms with E-state index in [1.165, 1.54) is 12.4 Å². The molecule has 3 rings (SSSR count). The zero-order valence-corrected chi connectivity index (χ0v) is 9.87. The summed E-state index contributed by atoms with van der Waals surface area (Å²) in [6.07, 6.45) is 6.60. The largest absolute Gasteiger partial charge is 0.351 e. The smallest absolute Gasteiger partial charge is 0.274 e. The second kappa shape index (κ2) is 4.36. The minimum Gasteiger partial charge on any atom is -0.351 e. The predicted molar refractivity (Wildman–Crippen MR) is 62.6 cm³/mol. The molecular formula is C12H14N4O2. The van der Waals surface area contributed by atoms with E-state index in [4.69, 9.17) is 0 Å². The van der Waals surface area contributed by atoms with E-state index in [1.807, 2.05) is 4.90 Å². The molecule has 1 N–H and O–H groups in total. The summed E-state index contributed by atoms with van der Waals surface area (Å²) in [5.74, 6) is -0.00296. The number of carbonyl (C=O) groups excluding carboxylic acids is 2. The van der Waals surface area contributed by atoms with Gasteiger partial charge in [0, 0.05) is 25.4 Å². The summed E-state index contributed by atoms with van der Waals surface area (Å²) < 4.78 is 0. The van der Waals surface area contributed by atoms with E-state index >= 15 is 0 Å². The number of carbonyl (C=O) groups is 2. The van der Waals surface area contributed by atoms with Gasteiger partial charge >= 0.3 is 0 Å². The summed E-state index contributed by atoms with van der Waals surface area (Å²) in [6, 6.07) is 0.212. The first-order valence-electron chi connectivity index (χ1n) is 6.12. The molecule has 0 aromatic carbocycles. The Morgan fingerprint density at radius 2 is 2.28 bits per heavy atom. The van der Waals surface area contributed by atoms with Crippen molar-refractivity contribution in [2.75, 3.05) is 6.54 Å². The van der Waals surface area contributed by atoms with Gasteiger partial charge in [0.25, 0.3) is 5.91 Å². The van der Waals surface area contributed by atoms with E-state index in [2.05, 4.69) is 15.3 Å². The molecule has 2 amide bonds. The highest BCUT2D eigenvalue weighted by atomic mass is 16.2. The molecule has 3 heterocycles. The Labute approximate surface area is 104 Å². The molecule has 18 heavy (non-hydrogen) atoms. The number of nitrogens with one attached hydrogen (secondary N) is 1. The highest BCUT2D eigenvalue weighted by Gasteiger charge is 2.40. The van der Waals surface area contributed by atoms with Crippen LogP contribution in [0.1, 0.15) is 29.8 Å². The van der Waals surface area contributed by atoms with Crippen molar-refractivity contribution in [3.8, 4) is 0 Å². The van der Waals surface area contributed by atoms with E-state index < -0.39 is 0 Å². The molecule has 0 radical (unpaired) electrons. The Morgan fingerprint density at radius 1 is 1.39 bits per heavy atom. The minimum absolute atomic E-state index is 0.0880. The number of nitrogens with zero attached hydrogens (tertiary/aromatic N) is 3. The molecule has 1 aromatic rings. The second-order valence-electron chi connectivity index (χ2n) is 4.66. The molecule has 2 saturated heterocycles.